The lowest BCUT2D eigenvalue weighted by molar-refractivity contribution is 0.101. The molecule has 3 aromatic rings. The number of phenols is 2. The van der Waals surface area contributed by atoms with Gasteiger partial charge in [-0.25, -0.2) is 0 Å². The fourth-order valence-corrected chi connectivity index (χ4v) is 2.53. The Balaban J connectivity index is 1.79. The molecule has 0 aliphatic heterocycles. The summed E-state index contributed by atoms with van der Waals surface area (Å²) in [7, 11) is 0. The van der Waals surface area contributed by atoms with Gasteiger partial charge < -0.3 is 32.3 Å². The molecule has 0 aliphatic rings. The highest BCUT2D eigenvalue weighted by atomic mass is 16.3. The predicted octanol–water partition coefficient (Wildman–Crippen LogP) is 2.77. The van der Waals surface area contributed by atoms with Gasteiger partial charge in [0.05, 0.1) is 11.4 Å². The molecule has 0 saturated carbocycles. The van der Waals surface area contributed by atoms with E-state index in [2.05, 4.69) is 10.6 Å². The Bertz CT molecular complexity index is 981. The number of benzene rings is 3. The Labute approximate surface area is 160 Å². The van der Waals surface area contributed by atoms with E-state index in [4.69, 9.17) is 11.5 Å². The Kier molecular flexibility index (Phi) is 5.03. The molecule has 0 saturated heterocycles. The van der Waals surface area contributed by atoms with Crippen molar-refractivity contribution in [2.24, 2.45) is 0 Å². The highest BCUT2D eigenvalue weighted by molar-refractivity contribution is 6.07. The van der Waals surface area contributed by atoms with Crippen molar-refractivity contribution in [2.75, 3.05) is 22.1 Å². The number of hydrogen-bond acceptors (Lipinski definition) is 6. The number of nitrogen functional groups attached to an aromatic ring is 2. The van der Waals surface area contributed by atoms with Crippen molar-refractivity contribution in [1.82, 2.24) is 0 Å². The molecule has 0 aliphatic carbocycles. The van der Waals surface area contributed by atoms with E-state index in [1.807, 2.05) is 0 Å². The number of nitrogens with two attached hydrogens (primary N) is 2. The number of rotatable bonds is 4. The van der Waals surface area contributed by atoms with Gasteiger partial charge in [-0.05, 0) is 36.4 Å². The number of amides is 2. The van der Waals surface area contributed by atoms with Crippen molar-refractivity contribution < 1.29 is 19.8 Å². The predicted molar refractivity (Wildman–Crippen MR) is 107 cm³/mol. The van der Waals surface area contributed by atoms with E-state index in [1.54, 1.807) is 36.4 Å². The molecule has 28 heavy (non-hydrogen) atoms. The lowest BCUT2D eigenvalue weighted by atomic mass is 10.1. The Hall–Kier alpha value is -4.20. The average molecular weight is 378 g/mol. The maximum atomic E-state index is 12.3. The third-order valence-electron chi connectivity index (χ3n) is 3.91. The van der Waals surface area contributed by atoms with Crippen molar-refractivity contribution >= 4 is 34.6 Å². The third kappa shape index (κ3) is 4.13. The zero-order chi connectivity index (χ0) is 20.3. The number of anilines is 4. The highest BCUT2D eigenvalue weighted by Gasteiger charge is 2.15. The molecule has 142 valence electrons. The molecular formula is C20H18N4O4. The summed E-state index contributed by atoms with van der Waals surface area (Å²) in [5, 5.41) is 25.3. The average Bonchev–Trinajstić information content (AvgIpc) is 2.65. The van der Waals surface area contributed by atoms with Gasteiger partial charge in [0.15, 0.2) is 0 Å². The van der Waals surface area contributed by atoms with Gasteiger partial charge in [-0.3, -0.25) is 9.59 Å². The zero-order valence-electron chi connectivity index (χ0n) is 14.6. The first-order valence-corrected chi connectivity index (χ1v) is 8.23. The van der Waals surface area contributed by atoms with Crippen molar-refractivity contribution in [3.05, 3.63) is 71.8 Å². The summed E-state index contributed by atoms with van der Waals surface area (Å²) in [5.41, 5.74) is 12.7. The molecule has 2 amide bonds. The van der Waals surface area contributed by atoms with Gasteiger partial charge in [0.25, 0.3) is 11.8 Å². The fraction of sp³-hybridized carbons (Fsp3) is 0. The quantitative estimate of drug-likeness (QED) is 0.233. The van der Waals surface area contributed by atoms with Crippen LogP contribution in [0.5, 0.6) is 11.5 Å². The first kappa shape index (κ1) is 18.6. The van der Waals surface area contributed by atoms with Crippen LogP contribution in [0.4, 0.5) is 22.7 Å². The van der Waals surface area contributed by atoms with Crippen LogP contribution in [0.15, 0.2) is 60.7 Å². The summed E-state index contributed by atoms with van der Waals surface area (Å²) in [6, 6.07) is 14.9. The molecule has 8 N–H and O–H groups in total. The normalized spacial score (nSPS) is 10.3. The van der Waals surface area contributed by atoms with Gasteiger partial charge in [0.2, 0.25) is 0 Å². The second-order valence-electron chi connectivity index (χ2n) is 6.05. The minimum atomic E-state index is -0.515. The minimum Gasteiger partial charge on any atom is -0.506 e. The van der Waals surface area contributed by atoms with E-state index in [1.165, 1.54) is 12.1 Å². The molecule has 8 nitrogen and oxygen atoms in total. The molecule has 3 rings (SSSR count). The molecule has 0 radical (unpaired) electrons. The molecule has 0 heterocycles. The minimum absolute atomic E-state index is 0.0214. The Morgan fingerprint density at radius 2 is 1.07 bits per heavy atom. The number of phenolic OH excluding ortho intramolecular Hbond substituents is 2. The summed E-state index contributed by atoms with van der Waals surface area (Å²) in [6.45, 7) is 0. The third-order valence-corrected chi connectivity index (χ3v) is 3.91. The zero-order valence-corrected chi connectivity index (χ0v) is 14.6. The standard InChI is InChI=1S/C20H18N4O4/c21-13-5-1-3-11(7-13)19(27)23-15-9-18(26)16(10-17(15)25)24-20(28)12-4-2-6-14(22)8-12/h1-10,25-26H,21-22H2,(H,23,27)(H,24,28). The largest absolute Gasteiger partial charge is 0.506 e. The van der Waals surface area contributed by atoms with Gasteiger partial charge in [-0.2, -0.15) is 0 Å². The van der Waals surface area contributed by atoms with E-state index in [0.717, 1.165) is 12.1 Å². The SMILES string of the molecule is Nc1cccc(C(=O)Nc2cc(O)c(NC(=O)c3cccc(N)c3)cc2O)c1. The van der Waals surface area contributed by atoms with Gasteiger partial charge in [-0.15, -0.1) is 0 Å². The first-order valence-electron chi connectivity index (χ1n) is 8.23. The molecule has 0 fully saturated rings. The van der Waals surface area contributed by atoms with Crippen molar-refractivity contribution in [1.29, 1.82) is 0 Å². The van der Waals surface area contributed by atoms with Crippen molar-refractivity contribution in [3.63, 3.8) is 0 Å². The van der Waals surface area contributed by atoms with E-state index in [-0.39, 0.29) is 34.0 Å². The summed E-state index contributed by atoms with van der Waals surface area (Å²) in [5.74, 6) is -1.70. The Morgan fingerprint density at radius 1 is 0.679 bits per heavy atom. The smallest absolute Gasteiger partial charge is 0.255 e. The summed E-state index contributed by atoms with van der Waals surface area (Å²) < 4.78 is 0. The van der Waals surface area contributed by atoms with E-state index in [0.29, 0.717) is 11.4 Å². The second-order valence-corrected chi connectivity index (χ2v) is 6.05. The van der Waals surface area contributed by atoms with Crippen LogP contribution >= 0.6 is 0 Å². The summed E-state index contributed by atoms with van der Waals surface area (Å²) in [6.07, 6.45) is 0. The number of nitrogens with one attached hydrogen (secondary N) is 2. The van der Waals surface area contributed by atoms with Gasteiger partial charge in [-0.1, -0.05) is 12.1 Å². The van der Waals surface area contributed by atoms with E-state index >= 15 is 0 Å². The van der Waals surface area contributed by atoms with Gasteiger partial charge in [0, 0.05) is 34.6 Å². The second kappa shape index (κ2) is 7.58. The van der Waals surface area contributed by atoms with Crippen molar-refractivity contribution in [2.45, 2.75) is 0 Å². The molecule has 8 heteroatoms. The highest BCUT2D eigenvalue weighted by Crippen LogP contribution is 2.35. The number of carbonyl (C=O) groups excluding carboxylic acids is 2. The van der Waals surface area contributed by atoms with Crippen LogP contribution in [0, 0.1) is 0 Å². The van der Waals surface area contributed by atoms with Gasteiger partial charge >= 0.3 is 0 Å². The number of hydrogen-bond donors (Lipinski definition) is 6. The summed E-state index contributed by atoms with van der Waals surface area (Å²) in [4.78, 5) is 24.5. The fourth-order valence-electron chi connectivity index (χ4n) is 2.53. The van der Waals surface area contributed by atoms with Crippen LogP contribution in [0.25, 0.3) is 0 Å². The van der Waals surface area contributed by atoms with Crippen LogP contribution < -0.4 is 22.1 Å². The maximum Gasteiger partial charge on any atom is 0.255 e. The van der Waals surface area contributed by atoms with Crippen LogP contribution in [0.1, 0.15) is 20.7 Å². The van der Waals surface area contributed by atoms with Crippen LogP contribution in [-0.2, 0) is 0 Å². The molecule has 0 unspecified atom stereocenters. The monoisotopic (exact) mass is 378 g/mol. The van der Waals surface area contributed by atoms with Crippen molar-refractivity contribution in [3.8, 4) is 11.5 Å². The molecule has 0 aromatic heterocycles. The molecule has 0 spiro atoms. The molecular weight excluding hydrogens is 360 g/mol. The lowest BCUT2D eigenvalue weighted by Crippen LogP contribution is -2.14. The lowest BCUT2D eigenvalue weighted by Gasteiger charge is -2.12. The molecule has 0 atom stereocenters. The Morgan fingerprint density at radius 3 is 1.43 bits per heavy atom. The number of aromatic hydroxyl groups is 2. The van der Waals surface area contributed by atoms with Crippen LogP contribution in [0.3, 0.4) is 0 Å². The van der Waals surface area contributed by atoms with Gasteiger partial charge in [0.1, 0.15) is 11.5 Å². The molecule has 3 aromatic carbocycles. The first-order chi connectivity index (χ1) is 13.3. The number of carbonyl (C=O) groups is 2. The van der Waals surface area contributed by atoms with E-state index < -0.39 is 11.8 Å². The van der Waals surface area contributed by atoms with Crippen LogP contribution in [0.2, 0.25) is 0 Å². The summed E-state index contributed by atoms with van der Waals surface area (Å²) >= 11 is 0. The van der Waals surface area contributed by atoms with Crippen LogP contribution in [-0.4, -0.2) is 22.0 Å². The molecule has 0 bridgehead atoms. The topological polar surface area (TPSA) is 151 Å². The van der Waals surface area contributed by atoms with E-state index in [9.17, 15) is 19.8 Å². The maximum absolute atomic E-state index is 12.3.